The lowest BCUT2D eigenvalue weighted by Gasteiger charge is -2.10. The summed E-state index contributed by atoms with van der Waals surface area (Å²) in [6, 6.07) is 12.9. The molecule has 21 heavy (non-hydrogen) atoms. The van der Waals surface area contributed by atoms with E-state index < -0.39 is 10.0 Å². The van der Waals surface area contributed by atoms with Gasteiger partial charge in [-0.05, 0) is 48.7 Å². The molecule has 2 aromatic rings. The largest absolute Gasteiger partial charge is 0.399 e. The molecule has 0 bridgehead atoms. The molecule has 3 N–H and O–H groups in total. The number of hydrogen-bond donors (Lipinski definition) is 2. The third kappa shape index (κ3) is 3.48. The molecular formula is C14H13N3O2S2. The molecule has 0 heterocycles. The molecule has 0 spiro atoms. The van der Waals surface area contributed by atoms with Gasteiger partial charge in [-0.15, -0.1) is 11.8 Å². The van der Waals surface area contributed by atoms with Gasteiger partial charge < -0.3 is 5.73 Å². The number of nitrogens with one attached hydrogen (secondary N) is 1. The maximum atomic E-state index is 12.3. The monoisotopic (exact) mass is 319 g/mol. The van der Waals surface area contributed by atoms with E-state index >= 15 is 0 Å². The molecule has 2 aromatic carbocycles. The molecule has 0 aliphatic rings. The van der Waals surface area contributed by atoms with E-state index in [0.717, 1.165) is 4.90 Å². The van der Waals surface area contributed by atoms with Gasteiger partial charge in [0, 0.05) is 16.3 Å². The molecule has 0 aromatic heterocycles. The molecule has 0 radical (unpaired) electrons. The van der Waals surface area contributed by atoms with Crippen molar-refractivity contribution < 1.29 is 8.42 Å². The molecule has 0 amide bonds. The summed E-state index contributed by atoms with van der Waals surface area (Å²) in [6.45, 7) is 0. The number of anilines is 2. The fourth-order valence-corrected chi connectivity index (χ4v) is 3.34. The molecule has 2 rings (SSSR count). The number of rotatable bonds is 4. The van der Waals surface area contributed by atoms with Crippen molar-refractivity contribution in [3.8, 4) is 6.07 Å². The zero-order valence-electron chi connectivity index (χ0n) is 11.2. The summed E-state index contributed by atoms with van der Waals surface area (Å²) in [4.78, 5) is 0.941. The first kappa shape index (κ1) is 15.2. The van der Waals surface area contributed by atoms with E-state index in [1.165, 1.54) is 18.2 Å². The Morgan fingerprint density at radius 2 is 1.86 bits per heavy atom. The highest BCUT2D eigenvalue weighted by atomic mass is 32.2. The summed E-state index contributed by atoms with van der Waals surface area (Å²) in [5.74, 6) is 0. The van der Waals surface area contributed by atoms with Gasteiger partial charge >= 0.3 is 0 Å². The first-order valence-electron chi connectivity index (χ1n) is 5.93. The fourth-order valence-electron chi connectivity index (χ4n) is 1.74. The lowest BCUT2D eigenvalue weighted by Crippen LogP contribution is -2.14. The summed E-state index contributed by atoms with van der Waals surface area (Å²) in [5.41, 5.74) is 6.36. The third-order valence-corrected chi connectivity index (χ3v) is 4.94. The topological polar surface area (TPSA) is 96.0 Å². The van der Waals surface area contributed by atoms with Crippen molar-refractivity contribution in [2.75, 3.05) is 16.7 Å². The van der Waals surface area contributed by atoms with E-state index in [1.54, 1.807) is 23.9 Å². The number of sulfonamides is 1. The smallest absolute Gasteiger partial charge is 0.263 e. The number of benzene rings is 2. The molecule has 0 fully saturated rings. The van der Waals surface area contributed by atoms with Crippen molar-refractivity contribution in [1.82, 2.24) is 0 Å². The number of hydrogen-bond acceptors (Lipinski definition) is 5. The van der Waals surface area contributed by atoms with Crippen LogP contribution in [-0.2, 0) is 10.0 Å². The number of nitriles is 1. The Balaban J connectivity index is 2.36. The predicted molar refractivity (Wildman–Crippen MR) is 84.6 cm³/mol. The van der Waals surface area contributed by atoms with E-state index in [-0.39, 0.29) is 10.5 Å². The highest BCUT2D eigenvalue weighted by Crippen LogP contribution is 2.23. The number of nitrogens with zero attached hydrogens (tertiary/aromatic N) is 1. The first-order valence-corrected chi connectivity index (χ1v) is 8.63. The SMILES string of the molecule is CSc1ccc(NS(=O)(=O)c2ccc(N)cc2C#N)cc1. The van der Waals surface area contributed by atoms with Crippen LogP contribution in [-0.4, -0.2) is 14.7 Å². The zero-order chi connectivity index (χ0) is 15.5. The van der Waals surface area contributed by atoms with Crippen LogP contribution >= 0.6 is 11.8 Å². The maximum absolute atomic E-state index is 12.3. The first-order chi connectivity index (χ1) is 9.96. The van der Waals surface area contributed by atoms with Crippen molar-refractivity contribution in [1.29, 1.82) is 5.26 Å². The number of nitrogen functional groups attached to an aromatic ring is 1. The van der Waals surface area contributed by atoms with Crippen LogP contribution in [0.25, 0.3) is 0 Å². The average molecular weight is 319 g/mol. The molecule has 7 heteroatoms. The highest BCUT2D eigenvalue weighted by molar-refractivity contribution is 7.98. The second kappa shape index (κ2) is 6.08. The quantitative estimate of drug-likeness (QED) is 0.667. The summed E-state index contributed by atoms with van der Waals surface area (Å²) in [7, 11) is -3.83. The van der Waals surface area contributed by atoms with Gasteiger partial charge in [0.05, 0.1) is 5.56 Å². The summed E-state index contributed by atoms with van der Waals surface area (Å²) >= 11 is 1.57. The van der Waals surface area contributed by atoms with Gasteiger partial charge in [0.2, 0.25) is 0 Å². The summed E-state index contributed by atoms with van der Waals surface area (Å²) in [6.07, 6.45) is 1.94. The molecule has 5 nitrogen and oxygen atoms in total. The maximum Gasteiger partial charge on any atom is 0.263 e. The lowest BCUT2D eigenvalue weighted by atomic mass is 10.2. The van der Waals surface area contributed by atoms with Gasteiger partial charge in [-0.25, -0.2) is 8.42 Å². The second-order valence-corrected chi connectivity index (χ2v) is 6.73. The molecule has 0 aliphatic heterocycles. The van der Waals surface area contributed by atoms with Gasteiger partial charge in [0.15, 0.2) is 0 Å². The van der Waals surface area contributed by atoms with E-state index in [4.69, 9.17) is 11.0 Å². The number of nitrogens with two attached hydrogens (primary N) is 1. The molecule has 108 valence electrons. The van der Waals surface area contributed by atoms with Crippen molar-refractivity contribution in [2.24, 2.45) is 0 Å². The zero-order valence-corrected chi connectivity index (χ0v) is 12.8. The molecule has 0 atom stereocenters. The Morgan fingerprint density at radius 1 is 1.19 bits per heavy atom. The molecule has 0 aliphatic carbocycles. The molecule has 0 saturated carbocycles. The van der Waals surface area contributed by atoms with Crippen molar-refractivity contribution in [3.63, 3.8) is 0 Å². The minimum atomic E-state index is -3.83. The second-order valence-electron chi connectivity index (χ2n) is 4.20. The summed E-state index contributed by atoms with van der Waals surface area (Å²) < 4.78 is 27.1. The van der Waals surface area contributed by atoms with E-state index in [0.29, 0.717) is 11.4 Å². The highest BCUT2D eigenvalue weighted by Gasteiger charge is 2.18. The van der Waals surface area contributed by atoms with Crippen LogP contribution in [0, 0.1) is 11.3 Å². The standard InChI is InChI=1S/C14H13N3O2S2/c1-20-13-5-3-12(4-6-13)17-21(18,19)14-7-2-11(16)8-10(14)9-15/h2-8,17H,16H2,1H3. The molecule has 0 saturated heterocycles. The fraction of sp³-hybridized carbons (Fsp3) is 0.0714. The lowest BCUT2D eigenvalue weighted by molar-refractivity contribution is 0.601. The Kier molecular flexibility index (Phi) is 4.40. The van der Waals surface area contributed by atoms with Gasteiger partial charge in [-0.2, -0.15) is 5.26 Å². The molecule has 0 unspecified atom stereocenters. The van der Waals surface area contributed by atoms with Gasteiger partial charge in [-0.3, -0.25) is 4.72 Å². The van der Waals surface area contributed by atoms with Crippen LogP contribution in [0.1, 0.15) is 5.56 Å². The van der Waals surface area contributed by atoms with Crippen molar-refractivity contribution in [3.05, 3.63) is 48.0 Å². The minimum absolute atomic E-state index is 0.0169. The Hall–Kier alpha value is -2.17. The molecular weight excluding hydrogens is 306 g/mol. The Morgan fingerprint density at radius 3 is 2.43 bits per heavy atom. The van der Waals surface area contributed by atoms with Crippen LogP contribution in [0.5, 0.6) is 0 Å². The predicted octanol–water partition coefficient (Wildman–Crippen LogP) is 2.66. The van der Waals surface area contributed by atoms with Crippen LogP contribution in [0.2, 0.25) is 0 Å². The van der Waals surface area contributed by atoms with Crippen LogP contribution in [0.15, 0.2) is 52.3 Å². The van der Waals surface area contributed by atoms with Crippen molar-refractivity contribution >= 4 is 33.2 Å². The van der Waals surface area contributed by atoms with E-state index in [2.05, 4.69) is 4.72 Å². The van der Waals surface area contributed by atoms with E-state index in [9.17, 15) is 8.42 Å². The average Bonchev–Trinajstić information content (AvgIpc) is 2.47. The van der Waals surface area contributed by atoms with Gasteiger partial charge in [0.25, 0.3) is 10.0 Å². The van der Waals surface area contributed by atoms with Crippen LogP contribution < -0.4 is 10.5 Å². The van der Waals surface area contributed by atoms with Gasteiger partial charge in [-0.1, -0.05) is 0 Å². The normalized spacial score (nSPS) is 10.9. The minimum Gasteiger partial charge on any atom is -0.399 e. The third-order valence-electron chi connectivity index (χ3n) is 2.76. The van der Waals surface area contributed by atoms with Crippen LogP contribution in [0.4, 0.5) is 11.4 Å². The number of thioether (sulfide) groups is 1. The van der Waals surface area contributed by atoms with Crippen LogP contribution in [0.3, 0.4) is 0 Å². The Bertz CT molecular complexity index is 794. The van der Waals surface area contributed by atoms with Gasteiger partial charge in [0.1, 0.15) is 11.0 Å². The van der Waals surface area contributed by atoms with Crippen molar-refractivity contribution in [2.45, 2.75) is 9.79 Å². The summed E-state index contributed by atoms with van der Waals surface area (Å²) in [5, 5.41) is 9.04. The Labute approximate surface area is 127 Å². The van der Waals surface area contributed by atoms with E-state index in [1.807, 2.05) is 24.5 Å².